The fraction of sp³-hybridized carbons (Fsp3) is 0.692. The second-order valence-corrected chi connectivity index (χ2v) is 5.41. The van der Waals surface area contributed by atoms with Gasteiger partial charge in [0.15, 0.2) is 0 Å². The van der Waals surface area contributed by atoms with Gasteiger partial charge in [-0.3, -0.25) is 19.2 Å². The number of carbonyl (C=O) groups is 4. The predicted molar refractivity (Wildman–Crippen MR) is 59.2 cm³/mol. The van der Waals surface area contributed by atoms with E-state index in [1.807, 2.05) is 0 Å². The highest BCUT2D eigenvalue weighted by atomic mass is 16.6. The molecule has 1 aliphatic carbocycles. The molecule has 102 valence electrons. The largest absolute Gasteiger partial charge is 0.393 e. The van der Waals surface area contributed by atoms with Gasteiger partial charge in [-0.1, -0.05) is 6.42 Å². The zero-order valence-corrected chi connectivity index (χ0v) is 10.3. The summed E-state index contributed by atoms with van der Waals surface area (Å²) in [5.41, 5.74) is 0. The molecule has 0 spiro atoms. The first kappa shape index (κ1) is 12.3. The van der Waals surface area contributed by atoms with Gasteiger partial charge in [-0.05, 0) is 25.7 Å². The third-order valence-corrected chi connectivity index (χ3v) is 4.40. The van der Waals surface area contributed by atoms with Crippen molar-refractivity contribution in [3.05, 3.63) is 0 Å². The van der Waals surface area contributed by atoms with Crippen LogP contribution in [0.2, 0.25) is 0 Å². The second-order valence-electron chi connectivity index (χ2n) is 5.41. The molecule has 3 fully saturated rings. The Balaban J connectivity index is 1.81. The lowest BCUT2D eigenvalue weighted by molar-refractivity contribution is -0.156. The fourth-order valence-electron chi connectivity index (χ4n) is 3.35. The Morgan fingerprint density at radius 2 is 0.895 bits per heavy atom. The third-order valence-electron chi connectivity index (χ3n) is 4.40. The number of hydrogen-bond acceptors (Lipinski definition) is 6. The number of fused-ring (bicyclic) bond motifs is 2. The van der Waals surface area contributed by atoms with Crippen LogP contribution < -0.4 is 0 Å². The van der Waals surface area contributed by atoms with E-state index >= 15 is 0 Å². The van der Waals surface area contributed by atoms with Crippen molar-refractivity contribution in [1.29, 1.82) is 0 Å². The first-order valence-corrected chi connectivity index (χ1v) is 6.59. The van der Waals surface area contributed by atoms with Crippen molar-refractivity contribution in [1.82, 2.24) is 0 Å². The molecular formula is C13H14O6. The van der Waals surface area contributed by atoms with E-state index in [1.54, 1.807) is 0 Å². The van der Waals surface area contributed by atoms with Gasteiger partial charge >= 0.3 is 23.9 Å². The first-order chi connectivity index (χ1) is 9.08. The van der Waals surface area contributed by atoms with Crippen molar-refractivity contribution in [2.45, 2.75) is 32.1 Å². The number of hydrogen-bond donors (Lipinski definition) is 0. The van der Waals surface area contributed by atoms with Crippen LogP contribution in [0.3, 0.4) is 0 Å². The summed E-state index contributed by atoms with van der Waals surface area (Å²) in [6.45, 7) is 0. The molecule has 0 amide bonds. The average molecular weight is 266 g/mol. The summed E-state index contributed by atoms with van der Waals surface area (Å²) in [5, 5.41) is 0. The Labute approximate surface area is 109 Å². The highest BCUT2D eigenvalue weighted by molar-refractivity contribution is 5.97. The molecule has 0 bridgehead atoms. The van der Waals surface area contributed by atoms with E-state index < -0.39 is 47.5 Å². The van der Waals surface area contributed by atoms with Crippen LogP contribution in [-0.4, -0.2) is 23.9 Å². The maximum atomic E-state index is 11.6. The molecule has 2 saturated heterocycles. The third kappa shape index (κ3) is 1.95. The average Bonchev–Trinajstić information content (AvgIpc) is 2.79. The molecule has 2 heterocycles. The number of cyclic esters (lactones) is 4. The second kappa shape index (κ2) is 4.43. The monoisotopic (exact) mass is 266 g/mol. The summed E-state index contributed by atoms with van der Waals surface area (Å²) in [6.07, 6.45) is 2.48. The van der Waals surface area contributed by atoms with Crippen molar-refractivity contribution in [3.63, 3.8) is 0 Å². The van der Waals surface area contributed by atoms with Gasteiger partial charge in [-0.15, -0.1) is 0 Å². The molecule has 0 aromatic rings. The molecule has 19 heavy (non-hydrogen) atoms. The molecule has 3 aliphatic rings. The minimum Gasteiger partial charge on any atom is -0.393 e. The topological polar surface area (TPSA) is 86.7 Å². The van der Waals surface area contributed by atoms with Gasteiger partial charge in [-0.2, -0.15) is 0 Å². The summed E-state index contributed by atoms with van der Waals surface area (Å²) in [6, 6.07) is 0. The van der Waals surface area contributed by atoms with Gasteiger partial charge in [0, 0.05) is 0 Å². The predicted octanol–water partition coefficient (Wildman–Crippen LogP) is 0.582. The minimum absolute atomic E-state index is 0.402. The van der Waals surface area contributed by atoms with Crippen molar-refractivity contribution in [2.75, 3.05) is 0 Å². The Morgan fingerprint density at radius 1 is 0.579 bits per heavy atom. The maximum Gasteiger partial charge on any atom is 0.317 e. The van der Waals surface area contributed by atoms with Gasteiger partial charge in [0.2, 0.25) is 0 Å². The minimum atomic E-state index is -0.494. The number of ether oxygens (including phenoxy) is 2. The lowest BCUT2D eigenvalue weighted by Gasteiger charge is -2.12. The highest BCUT2D eigenvalue weighted by Crippen LogP contribution is 2.40. The molecule has 6 nitrogen and oxygen atoms in total. The van der Waals surface area contributed by atoms with E-state index in [1.165, 1.54) is 0 Å². The molecule has 0 aromatic heterocycles. The molecular weight excluding hydrogens is 252 g/mol. The molecule has 6 heteroatoms. The number of rotatable bonds is 0. The van der Waals surface area contributed by atoms with Crippen LogP contribution in [0.1, 0.15) is 32.1 Å². The van der Waals surface area contributed by atoms with E-state index in [9.17, 15) is 19.2 Å². The Morgan fingerprint density at radius 3 is 1.26 bits per heavy atom. The normalized spacial score (nSPS) is 38.7. The van der Waals surface area contributed by atoms with Crippen molar-refractivity contribution in [3.8, 4) is 0 Å². The van der Waals surface area contributed by atoms with Crippen LogP contribution >= 0.6 is 0 Å². The smallest absolute Gasteiger partial charge is 0.317 e. The van der Waals surface area contributed by atoms with Crippen molar-refractivity contribution < 1.29 is 28.7 Å². The van der Waals surface area contributed by atoms with Gasteiger partial charge in [0.1, 0.15) is 0 Å². The van der Waals surface area contributed by atoms with Crippen LogP contribution in [0, 0.1) is 23.7 Å². The van der Waals surface area contributed by atoms with E-state index in [0.29, 0.717) is 32.1 Å². The number of carbonyl (C=O) groups excluding carboxylic acids is 4. The van der Waals surface area contributed by atoms with Gasteiger partial charge < -0.3 is 9.47 Å². The lowest BCUT2D eigenvalue weighted by atomic mass is 9.85. The summed E-state index contributed by atoms with van der Waals surface area (Å²) in [7, 11) is 0. The molecule has 0 N–H and O–H groups in total. The van der Waals surface area contributed by atoms with E-state index in [0.717, 1.165) is 0 Å². The summed E-state index contributed by atoms with van der Waals surface area (Å²) in [4.78, 5) is 46.4. The van der Waals surface area contributed by atoms with Crippen LogP contribution in [-0.2, 0) is 28.7 Å². The molecule has 2 aliphatic heterocycles. The molecule has 3 rings (SSSR count). The van der Waals surface area contributed by atoms with Crippen LogP contribution in [0.4, 0.5) is 0 Å². The van der Waals surface area contributed by atoms with Crippen molar-refractivity contribution >= 4 is 23.9 Å². The number of esters is 4. The van der Waals surface area contributed by atoms with E-state index in [4.69, 9.17) is 0 Å². The molecule has 0 radical (unpaired) electrons. The summed E-state index contributed by atoms with van der Waals surface area (Å²) in [5.74, 6) is -3.65. The Hall–Kier alpha value is -1.72. The molecule has 1 unspecified atom stereocenters. The van der Waals surface area contributed by atoms with E-state index in [-0.39, 0.29) is 0 Å². The first-order valence-electron chi connectivity index (χ1n) is 6.59. The SMILES string of the molecule is O=C1OC(=O)[C@H]2CC[C@H]3C(=O)OC(=O)[C@H]3CCCC12. The Bertz CT molecular complexity index is 426. The standard InChI is InChI=1S/C13H14O6/c14-10-6-2-1-3-7-9(13(17)19-11(7)15)5-4-8(6)12(16)18-10/h6-9H,1-5H2/t6-,7?,8+,9-/m0/s1. The van der Waals surface area contributed by atoms with Gasteiger partial charge in [-0.25, -0.2) is 0 Å². The fourth-order valence-corrected chi connectivity index (χ4v) is 3.35. The van der Waals surface area contributed by atoms with E-state index in [2.05, 4.69) is 9.47 Å². The lowest BCUT2D eigenvalue weighted by Crippen LogP contribution is -2.20. The molecule has 1 saturated carbocycles. The van der Waals surface area contributed by atoms with Crippen molar-refractivity contribution in [2.24, 2.45) is 23.7 Å². The zero-order chi connectivity index (χ0) is 13.6. The van der Waals surface area contributed by atoms with Crippen LogP contribution in [0.5, 0.6) is 0 Å². The Kier molecular flexibility index (Phi) is 2.88. The summed E-state index contributed by atoms with van der Waals surface area (Å²) >= 11 is 0. The summed E-state index contributed by atoms with van der Waals surface area (Å²) < 4.78 is 9.32. The highest BCUT2D eigenvalue weighted by Gasteiger charge is 2.49. The molecule has 4 atom stereocenters. The molecule has 0 aromatic carbocycles. The van der Waals surface area contributed by atoms with Gasteiger partial charge in [0.05, 0.1) is 23.7 Å². The zero-order valence-electron chi connectivity index (χ0n) is 10.3. The van der Waals surface area contributed by atoms with Crippen LogP contribution in [0.15, 0.2) is 0 Å². The van der Waals surface area contributed by atoms with Gasteiger partial charge in [0.25, 0.3) is 0 Å². The van der Waals surface area contributed by atoms with Crippen LogP contribution in [0.25, 0.3) is 0 Å². The quantitative estimate of drug-likeness (QED) is 0.471. The maximum absolute atomic E-state index is 11.6.